The van der Waals surface area contributed by atoms with Gasteiger partial charge in [0.05, 0.1) is 5.69 Å². The number of hydrogen-bond donors (Lipinski definition) is 2. The highest BCUT2D eigenvalue weighted by molar-refractivity contribution is 7.18. The van der Waals surface area contributed by atoms with Gasteiger partial charge in [0.2, 0.25) is 11.7 Å². The first-order chi connectivity index (χ1) is 13.3. The Morgan fingerprint density at radius 2 is 1.82 bits per heavy atom. The van der Waals surface area contributed by atoms with E-state index in [4.69, 9.17) is 11.5 Å². The van der Waals surface area contributed by atoms with Gasteiger partial charge in [-0.2, -0.15) is 0 Å². The van der Waals surface area contributed by atoms with Crippen LogP contribution in [0.3, 0.4) is 0 Å². The van der Waals surface area contributed by atoms with E-state index in [-0.39, 0.29) is 27.3 Å². The van der Waals surface area contributed by atoms with Crippen LogP contribution in [0, 0.1) is 11.6 Å². The summed E-state index contributed by atoms with van der Waals surface area (Å²) in [5, 5.41) is 0.0913. The Balaban J connectivity index is 2.09. The third-order valence-electron chi connectivity index (χ3n) is 4.06. The fourth-order valence-electron chi connectivity index (χ4n) is 2.59. The van der Waals surface area contributed by atoms with Crippen molar-refractivity contribution in [2.45, 2.75) is 13.0 Å². The van der Waals surface area contributed by atoms with Gasteiger partial charge in [-0.3, -0.25) is 9.59 Å². The highest BCUT2D eigenvalue weighted by Crippen LogP contribution is 2.37. The summed E-state index contributed by atoms with van der Waals surface area (Å²) in [6.07, 6.45) is 0. The lowest BCUT2D eigenvalue weighted by Crippen LogP contribution is -2.40. The number of benzene rings is 2. The van der Waals surface area contributed by atoms with E-state index >= 15 is 0 Å². The molecule has 0 saturated heterocycles. The molecule has 1 aromatic heterocycles. The van der Waals surface area contributed by atoms with E-state index in [1.165, 1.54) is 17.9 Å². The molecule has 28 heavy (non-hydrogen) atoms. The molecule has 0 aliphatic rings. The topological polar surface area (TPSA) is 102 Å². The molecule has 4 N–H and O–H groups in total. The largest absolute Gasteiger partial charge is 0.382 e. The number of amides is 1. The predicted molar refractivity (Wildman–Crippen MR) is 104 cm³/mol. The zero-order valence-electron chi connectivity index (χ0n) is 14.7. The standard InChI is InChI=1S/C19H16F2N4O2S/c1-10(18(23)27)25(14-8-7-12(20)9-13(14)21)19-24-17(22)16(28-19)15(26)11-5-3-2-4-6-11/h2-10H,22H2,1H3,(H2,23,27)/t10-/m1/s1. The Morgan fingerprint density at radius 1 is 1.14 bits per heavy atom. The monoisotopic (exact) mass is 402 g/mol. The number of carbonyl (C=O) groups excluding carboxylic acids is 2. The van der Waals surface area contributed by atoms with Gasteiger partial charge in [-0.1, -0.05) is 41.7 Å². The summed E-state index contributed by atoms with van der Waals surface area (Å²) in [6.45, 7) is 1.45. The van der Waals surface area contributed by atoms with E-state index in [9.17, 15) is 18.4 Å². The zero-order valence-corrected chi connectivity index (χ0v) is 15.5. The van der Waals surface area contributed by atoms with Crippen LogP contribution in [0.4, 0.5) is 25.4 Å². The molecule has 6 nitrogen and oxygen atoms in total. The minimum Gasteiger partial charge on any atom is -0.382 e. The number of aromatic nitrogens is 1. The molecule has 2 aromatic carbocycles. The van der Waals surface area contributed by atoms with E-state index < -0.39 is 23.6 Å². The zero-order chi connectivity index (χ0) is 20.4. The number of rotatable bonds is 6. The number of hydrogen-bond acceptors (Lipinski definition) is 6. The second-order valence-electron chi connectivity index (χ2n) is 5.95. The van der Waals surface area contributed by atoms with Crippen LogP contribution in [0.25, 0.3) is 0 Å². The van der Waals surface area contributed by atoms with Gasteiger partial charge in [0.15, 0.2) is 5.13 Å². The summed E-state index contributed by atoms with van der Waals surface area (Å²) in [7, 11) is 0. The van der Waals surface area contributed by atoms with Crippen molar-refractivity contribution in [2.24, 2.45) is 5.73 Å². The minimum atomic E-state index is -1.02. The van der Waals surface area contributed by atoms with Gasteiger partial charge in [0.25, 0.3) is 0 Å². The molecule has 0 saturated carbocycles. The normalized spacial score (nSPS) is 11.8. The van der Waals surface area contributed by atoms with Gasteiger partial charge in [0.1, 0.15) is 28.4 Å². The summed E-state index contributed by atoms with van der Waals surface area (Å²) in [5.41, 5.74) is 11.6. The van der Waals surface area contributed by atoms with E-state index in [1.807, 2.05) is 0 Å². The van der Waals surface area contributed by atoms with Crippen LogP contribution >= 0.6 is 11.3 Å². The lowest BCUT2D eigenvalue weighted by atomic mass is 10.1. The fraction of sp³-hybridized carbons (Fsp3) is 0.105. The second-order valence-corrected chi connectivity index (χ2v) is 6.93. The molecule has 0 fully saturated rings. The molecular formula is C19H16F2N4O2S. The quantitative estimate of drug-likeness (QED) is 0.616. The summed E-state index contributed by atoms with van der Waals surface area (Å²) in [4.78, 5) is 30.0. The maximum absolute atomic E-state index is 14.4. The second kappa shape index (κ2) is 7.73. The molecule has 1 atom stereocenters. The van der Waals surface area contributed by atoms with Gasteiger partial charge in [-0.25, -0.2) is 13.8 Å². The highest BCUT2D eigenvalue weighted by atomic mass is 32.1. The van der Waals surface area contributed by atoms with Crippen molar-refractivity contribution in [3.63, 3.8) is 0 Å². The van der Waals surface area contributed by atoms with E-state index in [1.54, 1.807) is 30.3 Å². The molecule has 3 aromatic rings. The van der Waals surface area contributed by atoms with Crippen molar-refractivity contribution in [3.05, 3.63) is 70.6 Å². The first-order valence-electron chi connectivity index (χ1n) is 8.19. The average Bonchev–Trinajstić information content (AvgIpc) is 3.04. The number of ketones is 1. The lowest BCUT2D eigenvalue weighted by molar-refractivity contribution is -0.118. The number of nitrogens with two attached hydrogens (primary N) is 2. The van der Waals surface area contributed by atoms with Crippen molar-refractivity contribution in [1.82, 2.24) is 4.98 Å². The summed E-state index contributed by atoms with van der Waals surface area (Å²) in [6, 6.07) is 10.3. The number of nitrogen functional groups attached to an aromatic ring is 1. The van der Waals surface area contributed by atoms with Crippen molar-refractivity contribution >= 4 is 39.7 Å². The van der Waals surface area contributed by atoms with Crippen LogP contribution in [0.5, 0.6) is 0 Å². The van der Waals surface area contributed by atoms with Crippen LogP contribution in [-0.4, -0.2) is 22.7 Å². The maximum atomic E-state index is 14.4. The predicted octanol–water partition coefficient (Wildman–Crippen LogP) is 3.25. The van der Waals surface area contributed by atoms with Gasteiger partial charge >= 0.3 is 0 Å². The molecule has 0 aliphatic heterocycles. The Kier molecular flexibility index (Phi) is 5.36. The van der Waals surface area contributed by atoms with Gasteiger partial charge < -0.3 is 16.4 Å². The number of primary amides is 1. The smallest absolute Gasteiger partial charge is 0.240 e. The Bertz CT molecular complexity index is 1040. The van der Waals surface area contributed by atoms with Crippen LogP contribution in [0.1, 0.15) is 22.2 Å². The third-order valence-corrected chi connectivity index (χ3v) is 5.13. The molecule has 9 heteroatoms. The molecular weight excluding hydrogens is 386 g/mol. The van der Waals surface area contributed by atoms with E-state index in [0.717, 1.165) is 17.4 Å². The number of carbonyl (C=O) groups is 2. The third kappa shape index (κ3) is 3.70. The summed E-state index contributed by atoms with van der Waals surface area (Å²) in [5.74, 6) is -2.84. The first-order valence-corrected chi connectivity index (χ1v) is 9.01. The Labute approximate surface area is 163 Å². The molecule has 1 heterocycles. The molecule has 0 aliphatic carbocycles. The number of halogens is 2. The molecule has 144 valence electrons. The van der Waals surface area contributed by atoms with Crippen molar-refractivity contribution in [2.75, 3.05) is 10.6 Å². The van der Waals surface area contributed by atoms with Crippen molar-refractivity contribution < 1.29 is 18.4 Å². The number of nitrogens with zero attached hydrogens (tertiary/aromatic N) is 2. The van der Waals surface area contributed by atoms with E-state index in [2.05, 4.69) is 4.98 Å². The van der Waals surface area contributed by atoms with E-state index in [0.29, 0.717) is 11.6 Å². The SMILES string of the molecule is C[C@H](C(N)=O)N(c1nc(N)c(C(=O)c2ccccc2)s1)c1ccc(F)cc1F. The Hall–Kier alpha value is -3.33. The molecule has 0 unspecified atom stereocenters. The fourth-order valence-corrected chi connectivity index (χ4v) is 3.63. The minimum absolute atomic E-state index is 0.0574. The van der Waals surface area contributed by atoms with Crippen molar-refractivity contribution in [3.8, 4) is 0 Å². The molecule has 1 amide bonds. The first kappa shape index (κ1) is 19.4. The maximum Gasteiger partial charge on any atom is 0.240 e. The van der Waals surface area contributed by atoms with Gasteiger partial charge in [-0.15, -0.1) is 0 Å². The summed E-state index contributed by atoms with van der Waals surface area (Å²) < 4.78 is 27.7. The lowest BCUT2D eigenvalue weighted by Gasteiger charge is -2.27. The molecule has 0 spiro atoms. The van der Waals surface area contributed by atoms with Crippen LogP contribution in [-0.2, 0) is 4.79 Å². The number of thiazole rings is 1. The van der Waals surface area contributed by atoms with Gasteiger partial charge in [-0.05, 0) is 19.1 Å². The van der Waals surface area contributed by atoms with Crippen LogP contribution in [0.2, 0.25) is 0 Å². The van der Waals surface area contributed by atoms with Crippen molar-refractivity contribution in [1.29, 1.82) is 0 Å². The molecule has 0 bridgehead atoms. The summed E-state index contributed by atoms with van der Waals surface area (Å²) >= 11 is 0.896. The number of anilines is 3. The highest BCUT2D eigenvalue weighted by Gasteiger charge is 2.29. The van der Waals surface area contributed by atoms with Crippen LogP contribution < -0.4 is 16.4 Å². The Morgan fingerprint density at radius 3 is 2.43 bits per heavy atom. The molecule has 3 rings (SSSR count). The molecule has 0 radical (unpaired) electrons. The average molecular weight is 402 g/mol. The van der Waals surface area contributed by atoms with Crippen LogP contribution in [0.15, 0.2) is 48.5 Å². The van der Waals surface area contributed by atoms with Gasteiger partial charge in [0, 0.05) is 11.6 Å².